The van der Waals surface area contributed by atoms with Crippen molar-refractivity contribution in [3.8, 4) is 11.3 Å². The summed E-state index contributed by atoms with van der Waals surface area (Å²) >= 11 is 0. The Morgan fingerprint density at radius 1 is 1.12 bits per heavy atom. The third-order valence-corrected chi connectivity index (χ3v) is 8.11. The lowest BCUT2D eigenvalue weighted by atomic mass is 9.85. The Morgan fingerprint density at radius 2 is 1.85 bits per heavy atom. The van der Waals surface area contributed by atoms with E-state index < -0.39 is 17.3 Å². The number of aliphatic hydroxyl groups is 1. The molecule has 1 amide bonds. The first-order chi connectivity index (χ1) is 19.5. The molecule has 2 aromatic heterocycles. The fraction of sp³-hybridized carbons (Fsp3) is 0.387. The molecule has 3 N–H and O–H groups in total. The van der Waals surface area contributed by atoms with E-state index in [1.807, 2.05) is 41.5 Å². The van der Waals surface area contributed by atoms with Crippen LogP contribution in [0.1, 0.15) is 74.0 Å². The van der Waals surface area contributed by atoms with Gasteiger partial charge in [0.15, 0.2) is 0 Å². The molecule has 4 aromatic rings. The molecule has 1 fully saturated rings. The van der Waals surface area contributed by atoms with Crippen LogP contribution in [0.25, 0.3) is 16.8 Å². The van der Waals surface area contributed by atoms with Crippen LogP contribution in [0.5, 0.6) is 0 Å². The first-order valence-electron chi connectivity index (χ1n) is 13.9. The number of hydrogen-bond donors (Lipinski definition) is 2. The minimum atomic E-state index is -4.52. The molecule has 1 aliphatic rings. The predicted molar refractivity (Wildman–Crippen MR) is 151 cm³/mol. The Balaban J connectivity index is 1.59. The summed E-state index contributed by atoms with van der Waals surface area (Å²) in [6, 6.07) is 10.1. The number of nitrogens with two attached hydrogens (primary N) is 1. The zero-order valence-electron chi connectivity index (χ0n) is 23.4. The normalized spacial score (nSPS) is 17.5. The molecule has 3 heterocycles. The molecule has 41 heavy (non-hydrogen) atoms. The van der Waals surface area contributed by atoms with Gasteiger partial charge in [0.2, 0.25) is 5.91 Å². The molecule has 0 spiro atoms. The van der Waals surface area contributed by atoms with E-state index in [0.717, 1.165) is 48.5 Å². The fourth-order valence-corrected chi connectivity index (χ4v) is 5.79. The third kappa shape index (κ3) is 5.28. The lowest BCUT2D eigenvalue weighted by Gasteiger charge is -2.32. The molecular formula is C31H34F3N5O2. The number of fused-ring (bicyclic) bond motifs is 1. The van der Waals surface area contributed by atoms with E-state index >= 15 is 0 Å². The quantitative estimate of drug-likeness (QED) is 0.302. The largest absolute Gasteiger partial charge is 0.416 e. The summed E-state index contributed by atoms with van der Waals surface area (Å²) < 4.78 is 42.1. The molecule has 1 saturated heterocycles. The minimum Gasteiger partial charge on any atom is -0.382 e. The number of piperidine rings is 1. The van der Waals surface area contributed by atoms with Gasteiger partial charge in [-0.05, 0) is 55.0 Å². The Morgan fingerprint density at radius 3 is 2.56 bits per heavy atom. The Bertz CT molecular complexity index is 1590. The predicted octanol–water partition coefficient (Wildman–Crippen LogP) is 5.93. The third-order valence-electron chi connectivity index (χ3n) is 8.11. The first kappa shape index (κ1) is 28.6. The van der Waals surface area contributed by atoms with E-state index in [1.54, 1.807) is 12.3 Å². The van der Waals surface area contributed by atoms with Crippen LogP contribution in [-0.2, 0) is 23.0 Å². The van der Waals surface area contributed by atoms with E-state index in [-0.39, 0.29) is 17.4 Å². The van der Waals surface area contributed by atoms with Crippen LogP contribution >= 0.6 is 0 Å². The number of nitrogen functional groups attached to an aromatic ring is 1. The van der Waals surface area contributed by atoms with Crippen molar-refractivity contribution in [3.63, 3.8) is 0 Å². The molecule has 2 aromatic carbocycles. The number of benzene rings is 2. The number of aromatic nitrogens is 3. The summed E-state index contributed by atoms with van der Waals surface area (Å²) in [5, 5.41) is 11.5. The van der Waals surface area contributed by atoms with Crippen molar-refractivity contribution >= 4 is 17.2 Å². The Kier molecular flexibility index (Phi) is 7.54. The molecule has 5 rings (SSSR count). The highest BCUT2D eigenvalue weighted by Gasteiger charge is 2.34. The number of halogens is 3. The zero-order valence-corrected chi connectivity index (χ0v) is 23.4. The van der Waals surface area contributed by atoms with Crippen molar-refractivity contribution in [1.29, 1.82) is 0 Å². The van der Waals surface area contributed by atoms with Gasteiger partial charge in [-0.15, -0.1) is 0 Å². The van der Waals surface area contributed by atoms with E-state index in [0.29, 0.717) is 42.0 Å². The van der Waals surface area contributed by atoms with Crippen LogP contribution < -0.4 is 5.73 Å². The lowest BCUT2D eigenvalue weighted by molar-refractivity contribution is -0.137. The zero-order chi connectivity index (χ0) is 29.5. The maximum Gasteiger partial charge on any atom is 0.416 e. The monoisotopic (exact) mass is 565 g/mol. The van der Waals surface area contributed by atoms with Gasteiger partial charge in [-0.2, -0.15) is 13.2 Å². The first-order valence-corrected chi connectivity index (χ1v) is 13.9. The second-order valence-corrected chi connectivity index (χ2v) is 10.8. The number of hydrogen-bond acceptors (Lipinski definition) is 5. The van der Waals surface area contributed by atoms with Gasteiger partial charge < -0.3 is 15.7 Å². The molecule has 0 aliphatic carbocycles. The summed E-state index contributed by atoms with van der Waals surface area (Å²) in [5.41, 5.74) is 7.48. The number of aryl methyl sites for hydroxylation is 1. The van der Waals surface area contributed by atoms with Crippen LogP contribution in [0, 0.1) is 0 Å². The van der Waals surface area contributed by atoms with Crippen LogP contribution in [-0.4, -0.2) is 43.4 Å². The van der Waals surface area contributed by atoms with Crippen molar-refractivity contribution in [3.05, 3.63) is 82.9 Å². The minimum absolute atomic E-state index is 0.0216. The van der Waals surface area contributed by atoms with Crippen LogP contribution in [0.15, 0.2) is 54.9 Å². The summed E-state index contributed by atoms with van der Waals surface area (Å²) in [4.78, 5) is 23.7. The molecule has 7 nitrogen and oxygen atoms in total. The topological polar surface area (TPSA) is 96.8 Å². The molecule has 0 bridgehead atoms. The summed E-state index contributed by atoms with van der Waals surface area (Å²) in [6.45, 7) is 6.64. The van der Waals surface area contributed by atoms with Gasteiger partial charge in [0.25, 0.3) is 0 Å². The Hall–Kier alpha value is -3.92. The van der Waals surface area contributed by atoms with E-state index in [1.165, 1.54) is 19.1 Å². The maximum absolute atomic E-state index is 13.4. The van der Waals surface area contributed by atoms with Crippen molar-refractivity contribution < 1.29 is 23.1 Å². The fourth-order valence-electron chi connectivity index (χ4n) is 5.79. The SMILES string of the molecule is CCC(=O)N1CCCC(c2nc(-c3ccc([C@](C)(O)c4cccc(C(F)(F)F)c4)cc3CC)c3c(N)nccn23)C1. The molecule has 1 aliphatic heterocycles. The average Bonchev–Trinajstić information content (AvgIpc) is 3.37. The number of carbonyl (C=O) groups excluding carboxylic acids is 1. The molecule has 216 valence electrons. The second-order valence-electron chi connectivity index (χ2n) is 10.8. The van der Waals surface area contributed by atoms with Gasteiger partial charge in [-0.25, -0.2) is 9.97 Å². The van der Waals surface area contributed by atoms with E-state index in [2.05, 4.69) is 4.98 Å². The average molecular weight is 566 g/mol. The number of carbonyl (C=O) groups is 1. The van der Waals surface area contributed by atoms with Crippen molar-refractivity contribution in [2.45, 2.75) is 64.1 Å². The van der Waals surface area contributed by atoms with Gasteiger partial charge in [-0.3, -0.25) is 9.20 Å². The summed E-state index contributed by atoms with van der Waals surface area (Å²) in [7, 11) is 0. The second kappa shape index (κ2) is 10.8. The van der Waals surface area contributed by atoms with Gasteiger partial charge in [0.1, 0.15) is 28.5 Å². The number of rotatable bonds is 6. The van der Waals surface area contributed by atoms with E-state index in [9.17, 15) is 23.1 Å². The smallest absolute Gasteiger partial charge is 0.382 e. The van der Waals surface area contributed by atoms with Gasteiger partial charge in [0.05, 0.1) is 5.56 Å². The highest BCUT2D eigenvalue weighted by Crippen LogP contribution is 2.39. The number of amides is 1. The highest BCUT2D eigenvalue weighted by molar-refractivity contribution is 5.87. The molecule has 0 radical (unpaired) electrons. The van der Waals surface area contributed by atoms with Crippen LogP contribution in [0.3, 0.4) is 0 Å². The molecule has 0 saturated carbocycles. The van der Waals surface area contributed by atoms with Crippen molar-refractivity contribution in [1.82, 2.24) is 19.3 Å². The van der Waals surface area contributed by atoms with Gasteiger partial charge in [0, 0.05) is 43.4 Å². The van der Waals surface area contributed by atoms with Gasteiger partial charge >= 0.3 is 6.18 Å². The summed E-state index contributed by atoms with van der Waals surface area (Å²) in [5.74, 6) is 1.27. The number of nitrogens with zero attached hydrogens (tertiary/aromatic N) is 4. The highest BCUT2D eigenvalue weighted by atomic mass is 19.4. The molecular weight excluding hydrogens is 531 g/mol. The molecule has 2 atom stereocenters. The number of imidazole rings is 1. The molecule has 10 heteroatoms. The van der Waals surface area contributed by atoms with Gasteiger partial charge in [-0.1, -0.05) is 44.2 Å². The van der Waals surface area contributed by atoms with Crippen LogP contribution in [0.2, 0.25) is 0 Å². The van der Waals surface area contributed by atoms with E-state index in [4.69, 9.17) is 10.7 Å². The lowest BCUT2D eigenvalue weighted by Crippen LogP contribution is -2.39. The number of alkyl halides is 3. The standard InChI is InChI=1S/C31H34F3N5O2/c1-4-19-16-22(30(3,41)21-9-6-10-23(17-21)31(32,33)34)11-12-24(19)26-27-28(35)36-13-15-39(27)29(37-26)20-8-7-14-38(18-20)25(40)5-2/h6,9-13,15-17,20,41H,4-5,7-8,14,18H2,1-3H3,(H2,35,36)/t20?,30-/m1/s1. The maximum atomic E-state index is 13.4. The van der Waals surface area contributed by atoms with Crippen LogP contribution in [0.4, 0.5) is 19.0 Å². The number of likely N-dealkylation sites (tertiary alicyclic amines) is 1. The van der Waals surface area contributed by atoms with Crippen molar-refractivity contribution in [2.24, 2.45) is 0 Å². The Labute approximate surface area is 236 Å². The van der Waals surface area contributed by atoms with Crippen molar-refractivity contribution in [2.75, 3.05) is 18.8 Å². The molecule has 1 unspecified atom stereocenters. The number of anilines is 1. The summed E-state index contributed by atoms with van der Waals surface area (Å²) in [6.07, 6.45) is 1.74.